The van der Waals surface area contributed by atoms with Crippen LogP contribution < -0.4 is 10.6 Å². The molecule has 0 heterocycles. The van der Waals surface area contributed by atoms with Gasteiger partial charge in [-0.1, -0.05) is 13.8 Å². The van der Waals surface area contributed by atoms with Gasteiger partial charge in [0, 0.05) is 25.3 Å². The van der Waals surface area contributed by atoms with Crippen molar-refractivity contribution < 1.29 is 4.39 Å². The monoisotopic (exact) mass is 238 g/mol. The van der Waals surface area contributed by atoms with Crippen LogP contribution in [-0.4, -0.2) is 13.1 Å². The van der Waals surface area contributed by atoms with Gasteiger partial charge in [0.15, 0.2) is 0 Å². The van der Waals surface area contributed by atoms with Crippen LogP contribution in [0.4, 0.5) is 10.1 Å². The van der Waals surface area contributed by atoms with Gasteiger partial charge in [0.2, 0.25) is 0 Å². The van der Waals surface area contributed by atoms with Crippen LogP contribution in [0.3, 0.4) is 0 Å². The molecule has 0 spiro atoms. The fraction of sp³-hybridized carbons (Fsp3) is 0.571. The van der Waals surface area contributed by atoms with Crippen molar-refractivity contribution in [2.75, 3.05) is 11.9 Å². The van der Waals surface area contributed by atoms with Gasteiger partial charge in [-0.05, 0) is 43.0 Å². The van der Waals surface area contributed by atoms with E-state index in [1.165, 1.54) is 12.1 Å². The van der Waals surface area contributed by atoms with E-state index in [2.05, 4.69) is 25.7 Å². The average molecular weight is 238 g/mol. The number of nitrogens with two attached hydrogens (primary N) is 1. The molecule has 1 aromatic carbocycles. The van der Waals surface area contributed by atoms with Crippen LogP contribution in [-0.2, 0) is 6.54 Å². The molecule has 1 aromatic rings. The van der Waals surface area contributed by atoms with Gasteiger partial charge in [-0.2, -0.15) is 0 Å². The van der Waals surface area contributed by atoms with Crippen molar-refractivity contribution >= 4 is 5.69 Å². The summed E-state index contributed by atoms with van der Waals surface area (Å²) in [6, 6.07) is 5.25. The molecule has 1 atom stereocenters. The summed E-state index contributed by atoms with van der Waals surface area (Å²) in [4.78, 5) is 2.18. The molecule has 3 heteroatoms. The Labute approximate surface area is 104 Å². The molecule has 1 unspecified atom stereocenters. The van der Waals surface area contributed by atoms with E-state index in [1.54, 1.807) is 0 Å². The molecule has 0 fully saturated rings. The van der Waals surface area contributed by atoms with Crippen molar-refractivity contribution in [2.45, 2.75) is 39.8 Å². The molecule has 0 aromatic heterocycles. The molecule has 96 valence electrons. The smallest absolute Gasteiger partial charge is 0.123 e. The molecule has 0 saturated carbocycles. The minimum atomic E-state index is -0.223. The molecule has 0 aliphatic carbocycles. The summed E-state index contributed by atoms with van der Waals surface area (Å²) >= 11 is 0. The molecular formula is C14H23FN2. The largest absolute Gasteiger partial charge is 0.372 e. The van der Waals surface area contributed by atoms with Crippen molar-refractivity contribution in [1.82, 2.24) is 0 Å². The lowest BCUT2D eigenvalue weighted by Crippen LogP contribution is -2.31. The van der Waals surface area contributed by atoms with Crippen molar-refractivity contribution in [3.8, 4) is 0 Å². The van der Waals surface area contributed by atoms with Crippen molar-refractivity contribution in [3.05, 3.63) is 29.6 Å². The summed E-state index contributed by atoms with van der Waals surface area (Å²) in [5, 5.41) is 0. The van der Waals surface area contributed by atoms with Crippen molar-refractivity contribution in [2.24, 2.45) is 11.7 Å². The number of rotatable bonds is 5. The normalized spacial score (nSPS) is 12.9. The summed E-state index contributed by atoms with van der Waals surface area (Å²) in [5.74, 6) is 0.424. The number of anilines is 1. The van der Waals surface area contributed by atoms with Crippen LogP contribution in [0.25, 0.3) is 0 Å². The third-order valence-corrected chi connectivity index (χ3v) is 3.12. The average Bonchev–Trinajstić information content (AvgIpc) is 2.27. The minimum Gasteiger partial charge on any atom is -0.372 e. The standard InChI is InChI=1S/C14H23FN2/c1-10(2)7-11(3)17(4)14-6-5-13(15)8-12(14)9-16/h5-6,8,10-11H,7,9,16H2,1-4H3. The van der Waals surface area contributed by atoms with Gasteiger partial charge in [0.05, 0.1) is 0 Å². The molecule has 1 rings (SSSR count). The zero-order valence-corrected chi connectivity index (χ0v) is 11.2. The lowest BCUT2D eigenvalue weighted by atomic mass is 10.0. The molecule has 2 N–H and O–H groups in total. The number of benzene rings is 1. The lowest BCUT2D eigenvalue weighted by molar-refractivity contribution is 0.503. The van der Waals surface area contributed by atoms with Gasteiger partial charge in [0.1, 0.15) is 5.82 Å². The molecule has 0 bridgehead atoms. The first-order valence-corrected chi connectivity index (χ1v) is 6.17. The highest BCUT2D eigenvalue weighted by molar-refractivity contribution is 5.53. The summed E-state index contributed by atoms with van der Waals surface area (Å²) in [5.41, 5.74) is 7.56. The topological polar surface area (TPSA) is 29.3 Å². The predicted octanol–water partition coefficient (Wildman–Crippen LogP) is 3.16. The summed E-state index contributed by atoms with van der Waals surface area (Å²) in [6.07, 6.45) is 1.11. The maximum atomic E-state index is 13.1. The minimum absolute atomic E-state index is 0.223. The van der Waals surface area contributed by atoms with Crippen LogP contribution in [0, 0.1) is 11.7 Å². The quantitative estimate of drug-likeness (QED) is 0.853. The third-order valence-electron chi connectivity index (χ3n) is 3.12. The molecule has 0 aliphatic heterocycles. The molecule has 0 aliphatic rings. The fourth-order valence-electron chi connectivity index (χ4n) is 2.14. The molecule has 0 amide bonds. The van der Waals surface area contributed by atoms with E-state index < -0.39 is 0 Å². The van der Waals surface area contributed by atoms with Crippen molar-refractivity contribution in [3.63, 3.8) is 0 Å². The second kappa shape index (κ2) is 6.01. The molecule has 17 heavy (non-hydrogen) atoms. The Bertz CT molecular complexity index is 363. The van der Waals surface area contributed by atoms with Crippen LogP contribution in [0.1, 0.15) is 32.8 Å². The number of halogens is 1. The Morgan fingerprint density at radius 1 is 1.29 bits per heavy atom. The van der Waals surface area contributed by atoms with E-state index in [0.29, 0.717) is 18.5 Å². The van der Waals surface area contributed by atoms with Gasteiger partial charge < -0.3 is 10.6 Å². The van der Waals surface area contributed by atoms with Crippen LogP contribution >= 0.6 is 0 Å². The highest BCUT2D eigenvalue weighted by Crippen LogP contribution is 2.24. The van der Waals surface area contributed by atoms with E-state index in [4.69, 9.17) is 5.73 Å². The highest BCUT2D eigenvalue weighted by atomic mass is 19.1. The summed E-state index contributed by atoms with van der Waals surface area (Å²) < 4.78 is 13.1. The Balaban J connectivity index is 2.91. The highest BCUT2D eigenvalue weighted by Gasteiger charge is 2.14. The Morgan fingerprint density at radius 2 is 1.94 bits per heavy atom. The SMILES string of the molecule is CC(C)CC(C)N(C)c1ccc(F)cc1CN. The van der Waals surface area contributed by atoms with E-state index in [1.807, 2.05) is 13.1 Å². The third kappa shape index (κ3) is 3.70. The molecule has 2 nitrogen and oxygen atoms in total. The van der Waals surface area contributed by atoms with Crippen LogP contribution in [0.15, 0.2) is 18.2 Å². The van der Waals surface area contributed by atoms with E-state index >= 15 is 0 Å². The number of nitrogens with zero attached hydrogens (tertiary/aromatic N) is 1. The van der Waals surface area contributed by atoms with E-state index in [-0.39, 0.29) is 5.82 Å². The van der Waals surface area contributed by atoms with Crippen molar-refractivity contribution in [1.29, 1.82) is 0 Å². The second-order valence-corrected chi connectivity index (χ2v) is 5.07. The Hall–Kier alpha value is -1.09. The first-order valence-electron chi connectivity index (χ1n) is 6.17. The lowest BCUT2D eigenvalue weighted by Gasteiger charge is -2.30. The summed E-state index contributed by atoms with van der Waals surface area (Å²) in [7, 11) is 2.04. The van der Waals surface area contributed by atoms with Gasteiger partial charge in [-0.3, -0.25) is 0 Å². The van der Waals surface area contributed by atoms with Gasteiger partial charge >= 0.3 is 0 Å². The van der Waals surface area contributed by atoms with Crippen LogP contribution in [0.2, 0.25) is 0 Å². The summed E-state index contributed by atoms with van der Waals surface area (Å²) in [6.45, 7) is 6.97. The second-order valence-electron chi connectivity index (χ2n) is 5.07. The Kier molecular flexibility index (Phi) is 4.94. The van der Waals surface area contributed by atoms with E-state index in [0.717, 1.165) is 17.7 Å². The predicted molar refractivity (Wildman–Crippen MR) is 71.6 cm³/mol. The fourth-order valence-corrected chi connectivity index (χ4v) is 2.14. The maximum Gasteiger partial charge on any atom is 0.123 e. The molecule has 0 radical (unpaired) electrons. The number of hydrogen-bond acceptors (Lipinski definition) is 2. The first-order chi connectivity index (χ1) is 7.95. The zero-order valence-electron chi connectivity index (χ0n) is 11.2. The van der Waals surface area contributed by atoms with Gasteiger partial charge in [-0.15, -0.1) is 0 Å². The van der Waals surface area contributed by atoms with Gasteiger partial charge in [0.25, 0.3) is 0 Å². The van der Waals surface area contributed by atoms with Crippen LogP contribution in [0.5, 0.6) is 0 Å². The number of hydrogen-bond donors (Lipinski definition) is 1. The molecular weight excluding hydrogens is 215 g/mol. The molecule has 0 saturated heterocycles. The Morgan fingerprint density at radius 3 is 2.47 bits per heavy atom. The van der Waals surface area contributed by atoms with E-state index in [9.17, 15) is 4.39 Å². The first kappa shape index (κ1) is 14.0. The maximum absolute atomic E-state index is 13.1. The van der Waals surface area contributed by atoms with Gasteiger partial charge in [-0.25, -0.2) is 4.39 Å². The zero-order chi connectivity index (χ0) is 13.0.